The second kappa shape index (κ2) is 7.05. The lowest BCUT2D eigenvalue weighted by atomic mass is 9.87. The van der Waals surface area contributed by atoms with E-state index in [0.29, 0.717) is 18.4 Å². The van der Waals surface area contributed by atoms with Gasteiger partial charge in [0.2, 0.25) is 5.91 Å². The molecule has 1 saturated heterocycles. The smallest absolute Gasteiger partial charge is 0.247 e. The van der Waals surface area contributed by atoms with Gasteiger partial charge >= 0.3 is 0 Å². The lowest BCUT2D eigenvalue weighted by Gasteiger charge is -2.38. The molecule has 2 N–H and O–H groups in total. The summed E-state index contributed by atoms with van der Waals surface area (Å²) >= 11 is 0. The number of hydrogen-bond acceptors (Lipinski definition) is 3. The molecule has 2 rings (SSSR count). The number of primary amides is 1. The van der Waals surface area contributed by atoms with E-state index in [0.717, 1.165) is 13.1 Å². The van der Waals surface area contributed by atoms with Gasteiger partial charge in [-0.15, -0.1) is 0 Å². The molecule has 1 aliphatic heterocycles. The Labute approximate surface area is 127 Å². The van der Waals surface area contributed by atoms with E-state index in [4.69, 9.17) is 10.5 Å². The number of carbonyl (C=O) groups excluding carboxylic acids is 1. The first-order chi connectivity index (χ1) is 9.97. The van der Waals surface area contributed by atoms with Crippen molar-refractivity contribution in [2.24, 2.45) is 11.7 Å². The van der Waals surface area contributed by atoms with E-state index in [1.807, 2.05) is 13.0 Å². The van der Waals surface area contributed by atoms with Crippen molar-refractivity contribution in [2.75, 3.05) is 19.6 Å². The van der Waals surface area contributed by atoms with Gasteiger partial charge in [-0.05, 0) is 24.3 Å². The zero-order valence-corrected chi connectivity index (χ0v) is 13.2. The lowest BCUT2D eigenvalue weighted by molar-refractivity contribution is -0.142. The molecule has 1 aromatic rings. The van der Waals surface area contributed by atoms with Crippen LogP contribution in [0.25, 0.3) is 0 Å². The monoisotopic (exact) mass is 290 g/mol. The molecular formula is C17H26N2O2. The van der Waals surface area contributed by atoms with Crippen LogP contribution >= 0.6 is 0 Å². The summed E-state index contributed by atoms with van der Waals surface area (Å²) in [5, 5.41) is 0. The van der Waals surface area contributed by atoms with Crippen LogP contribution in [-0.2, 0) is 9.53 Å². The van der Waals surface area contributed by atoms with Gasteiger partial charge < -0.3 is 10.5 Å². The van der Waals surface area contributed by atoms with Crippen molar-refractivity contribution in [1.82, 2.24) is 4.90 Å². The Balaban J connectivity index is 2.08. The molecular weight excluding hydrogens is 264 g/mol. The normalized spacial score (nSPS) is 25.0. The molecule has 21 heavy (non-hydrogen) atoms. The van der Waals surface area contributed by atoms with E-state index < -0.39 is 6.10 Å². The molecule has 1 aromatic carbocycles. The molecule has 4 nitrogen and oxygen atoms in total. The topological polar surface area (TPSA) is 55.6 Å². The summed E-state index contributed by atoms with van der Waals surface area (Å²) in [5.41, 5.74) is 6.75. The van der Waals surface area contributed by atoms with Crippen molar-refractivity contribution in [2.45, 2.75) is 38.9 Å². The van der Waals surface area contributed by atoms with Gasteiger partial charge in [-0.1, -0.05) is 44.2 Å². The van der Waals surface area contributed by atoms with Crippen LogP contribution in [0.3, 0.4) is 0 Å². The van der Waals surface area contributed by atoms with E-state index in [9.17, 15) is 4.79 Å². The Hall–Kier alpha value is -1.39. The zero-order chi connectivity index (χ0) is 15.4. The van der Waals surface area contributed by atoms with Crippen LogP contribution < -0.4 is 5.73 Å². The SMILES string of the molecule is CC(C)[C@@H](CN1C[C@@H](C)O[C@H](C(N)=O)C1)c1ccccc1. The fraction of sp³-hybridized carbons (Fsp3) is 0.588. The van der Waals surface area contributed by atoms with Gasteiger partial charge in [0.1, 0.15) is 6.10 Å². The summed E-state index contributed by atoms with van der Waals surface area (Å²) in [6, 6.07) is 10.6. The minimum atomic E-state index is -0.489. The zero-order valence-electron chi connectivity index (χ0n) is 13.2. The molecule has 0 saturated carbocycles. The quantitative estimate of drug-likeness (QED) is 0.902. The Morgan fingerprint density at radius 1 is 1.33 bits per heavy atom. The van der Waals surface area contributed by atoms with Crippen molar-refractivity contribution in [1.29, 1.82) is 0 Å². The van der Waals surface area contributed by atoms with Crippen LogP contribution in [0.5, 0.6) is 0 Å². The van der Waals surface area contributed by atoms with Crippen molar-refractivity contribution in [3.05, 3.63) is 35.9 Å². The van der Waals surface area contributed by atoms with Crippen molar-refractivity contribution in [3.63, 3.8) is 0 Å². The third-order valence-electron chi connectivity index (χ3n) is 4.14. The largest absolute Gasteiger partial charge is 0.367 e. The van der Waals surface area contributed by atoms with Crippen LogP contribution in [0.4, 0.5) is 0 Å². The highest BCUT2D eigenvalue weighted by molar-refractivity contribution is 5.79. The number of ether oxygens (including phenoxy) is 1. The van der Waals surface area contributed by atoms with E-state index >= 15 is 0 Å². The summed E-state index contributed by atoms with van der Waals surface area (Å²) < 4.78 is 5.61. The van der Waals surface area contributed by atoms with Gasteiger partial charge in [0.15, 0.2) is 0 Å². The van der Waals surface area contributed by atoms with E-state index in [1.54, 1.807) is 0 Å². The van der Waals surface area contributed by atoms with Crippen molar-refractivity contribution >= 4 is 5.91 Å². The number of carbonyl (C=O) groups is 1. The molecule has 4 heteroatoms. The first-order valence-electron chi connectivity index (χ1n) is 7.69. The molecule has 3 atom stereocenters. The summed E-state index contributed by atoms with van der Waals surface area (Å²) in [6.07, 6.45) is -0.447. The minimum Gasteiger partial charge on any atom is -0.367 e. The van der Waals surface area contributed by atoms with Gasteiger partial charge in [-0.25, -0.2) is 0 Å². The Morgan fingerprint density at radius 2 is 2.00 bits per heavy atom. The number of hydrogen-bond donors (Lipinski definition) is 1. The Kier molecular flexibility index (Phi) is 5.37. The summed E-state index contributed by atoms with van der Waals surface area (Å²) in [6.45, 7) is 8.85. The minimum absolute atomic E-state index is 0.0415. The van der Waals surface area contributed by atoms with Gasteiger partial charge in [0.05, 0.1) is 6.10 Å². The first kappa shape index (κ1) is 16.0. The summed E-state index contributed by atoms with van der Waals surface area (Å²) in [4.78, 5) is 13.7. The highest BCUT2D eigenvalue weighted by Crippen LogP contribution is 2.26. The maximum atomic E-state index is 11.4. The van der Waals surface area contributed by atoms with Crippen LogP contribution in [-0.4, -0.2) is 42.6 Å². The molecule has 1 fully saturated rings. The highest BCUT2D eigenvalue weighted by Gasteiger charge is 2.30. The molecule has 0 aliphatic carbocycles. The second-order valence-corrected chi connectivity index (χ2v) is 6.32. The number of amides is 1. The lowest BCUT2D eigenvalue weighted by Crippen LogP contribution is -2.52. The van der Waals surface area contributed by atoms with Crippen LogP contribution in [0.1, 0.15) is 32.3 Å². The molecule has 0 aromatic heterocycles. The molecule has 0 bridgehead atoms. The average molecular weight is 290 g/mol. The van der Waals surface area contributed by atoms with Gasteiger partial charge in [-0.3, -0.25) is 9.69 Å². The molecule has 1 amide bonds. The van der Waals surface area contributed by atoms with Gasteiger partial charge in [0.25, 0.3) is 0 Å². The summed E-state index contributed by atoms with van der Waals surface area (Å²) in [7, 11) is 0. The molecule has 116 valence electrons. The number of benzene rings is 1. The van der Waals surface area contributed by atoms with Gasteiger partial charge in [-0.2, -0.15) is 0 Å². The summed E-state index contributed by atoms with van der Waals surface area (Å²) in [5.74, 6) is 0.620. The van der Waals surface area contributed by atoms with Crippen LogP contribution in [0, 0.1) is 5.92 Å². The molecule has 1 heterocycles. The average Bonchev–Trinajstić information content (AvgIpc) is 2.44. The predicted molar refractivity (Wildman–Crippen MR) is 84.0 cm³/mol. The maximum absolute atomic E-state index is 11.4. The highest BCUT2D eigenvalue weighted by atomic mass is 16.5. The first-order valence-corrected chi connectivity index (χ1v) is 7.69. The predicted octanol–water partition coefficient (Wildman–Crippen LogP) is 2.00. The number of nitrogens with two attached hydrogens (primary N) is 1. The number of morpholine rings is 1. The molecule has 1 aliphatic rings. The Bertz CT molecular complexity index is 461. The van der Waals surface area contributed by atoms with Crippen LogP contribution in [0.15, 0.2) is 30.3 Å². The third-order valence-corrected chi connectivity index (χ3v) is 4.14. The standard InChI is InChI=1S/C17H26N2O2/c1-12(2)15(14-7-5-4-6-8-14)10-19-9-13(3)21-16(11-19)17(18)20/h4-8,12-13,15-16H,9-11H2,1-3H3,(H2,18,20)/t13-,15-,16+/m1/s1. The van der Waals surface area contributed by atoms with Gasteiger partial charge in [0, 0.05) is 19.6 Å². The van der Waals surface area contributed by atoms with E-state index in [1.165, 1.54) is 5.56 Å². The van der Waals surface area contributed by atoms with Crippen molar-refractivity contribution < 1.29 is 9.53 Å². The maximum Gasteiger partial charge on any atom is 0.247 e. The second-order valence-electron chi connectivity index (χ2n) is 6.32. The van der Waals surface area contributed by atoms with Crippen LogP contribution in [0.2, 0.25) is 0 Å². The fourth-order valence-electron chi connectivity index (χ4n) is 3.02. The molecule has 0 spiro atoms. The fourth-order valence-corrected chi connectivity index (χ4v) is 3.02. The Morgan fingerprint density at radius 3 is 2.57 bits per heavy atom. The molecule has 0 radical (unpaired) electrons. The number of rotatable bonds is 5. The van der Waals surface area contributed by atoms with E-state index in [-0.39, 0.29) is 12.0 Å². The third kappa shape index (κ3) is 4.29. The number of nitrogens with zero attached hydrogens (tertiary/aromatic N) is 1. The van der Waals surface area contributed by atoms with E-state index in [2.05, 4.69) is 43.0 Å². The molecule has 0 unspecified atom stereocenters. The van der Waals surface area contributed by atoms with Crippen molar-refractivity contribution in [3.8, 4) is 0 Å².